The maximum atomic E-state index is 12.0. The predicted molar refractivity (Wildman–Crippen MR) is 118 cm³/mol. The van der Waals surface area contributed by atoms with Crippen molar-refractivity contribution in [3.63, 3.8) is 0 Å². The fourth-order valence-corrected chi connectivity index (χ4v) is 4.51. The normalized spacial score (nSPS) is 47.0. The van der Waals surface area contributed by atoms with Crippen LogP contribution in [0.25, 0.3) is 0 Å². The SMILES string of the molecule is CO[C@H]1O[C@H](CO[C@@H]2O[C@H](C(=O)O)[C@@H](O[C@H]3O[C@H](CO)[C@@H](O)[C@H](O)[C@H]3O)[C@H](O)[C@@H]2NC(C)=O)[C@@H](O)[C@H](O)[C@H]1O. The number of aliphatic carboxylic acids is 1. The van der Waals surface area contributed by atoms with Crippen LogP contribution in [0.2, 0.25) is 0 Å². The molecule has 39 heavy (non-hydrogen) atoms. The fraction of sp³-hybridized carbons (Fsp3) is 0.905. The summed E-state index contributed by atoms with van der Waals surface area (Å²) in [7, 11) is 1.18. The van der Waals surface area contributed by atoms with Crippen molar-refractivity contribution in [3.05, 3.63) is 0 Å². The summed E-state index contributed by atoms with van der Waals surface area (Å²) in [6, 6.07) is -1.51. The van der Waals surface area contributed by atoms with Crippen molar-refractivity contribution >= 4 is 11.9 Å². The smallest absolute Gasteiger partial charge is 0.335 e. The number of rotatable bonds is 9. The van der Waals surface area contributed by atoms with Gasteiger partial charge >= 0.3 is 5.97 Å². The number of carbonyl (C=O) groups excluding carboxylic acids is 1. The Morgan fingerprint density at radius 2 is 1.33 bits per heavy atom. The highest BCUT2D eigenvalue weighted by Gasteiger charge is 2.54. The van der Waals surface area contributed by atoms with E-state index in [1.165, 1.54) is 7.11 Å². The van der Waals surface area contributed by atoms with Gasteiger partial charge in [-0.25, -0.2) is 4.79 Å². The molecule has 10 N–H and O–H groups in total. The largest absolute Gasteiger partial charge is 0.479 e. The van der Waals surface area contributed by atoms with Gasteiger partial charge in [-0.1, -0.05) is 0 Å². The summed E-state index contributed by atoms with van der Waals surface area (Å²) in [6.07, 6.45) is -23.8. The Balaban J connectivity index is 1.79. The third kappa shape index (κ3) is 6.82. The summed E-state index contributed by atoms with van der Waals surface area (Å²) in [4.78, 5) is 23.9. The zero-order valence-electron chi connectivity index (χ0n) is 20.9. The summed E-state index contributed by atoms with van der Waals surface area (Å²) in [6.45, 7) is -0.315. The van der Waals surface area contributed by atoms with Crippen molar-refractivity contribution < 1.29 is 84.0 Å². The maximum absolute atomic E-state index is 12.0. The van der Waals surface area contributed by atoms with Crippen LogP contribution in [0.5, 0.6) is 0 Å². The van der Waals surface area contributed by atoms with Crippen molar-refractivity contribution in [2.45, 2.75) is 99.0 Å². The van der Waals surface area contributed by atoms with E-state index in [0.29, 0.717) is 0 Å². The van der Waals surface area contributed by atoms with Crippen LogP contribution in [0.4, 0.5) is 0 Å². The molecule has 0 bridgehead atoms. The van der Waals surface area contributed by atoms with Crippen LogP contribution in [0.1, 0.15) is 6.92 Å². The molecule has 15 atom stereocenters. The van der Waals surface area contributed by atoms with Crippen molar-refractivity contribution in [1.29, 1.82) is 0 Å². The number of ether oxygens (including phenoxy) is 6. The van der Waals surface area contributed by atoms with E-state index in [9.17, 15) is 55.5 Å². The van der Waals surface area contributed by atoms with Gasteiger partial charge in [0.25, 0.3) is 0 Å². The van der Waals surface area contributed by atoms with Gasteiger partial charge in [0.05, 0.1) is 13.2 Å². The average molecular weight is 574 g/mol. The zero-order valence-corrected chi connectivity index (χ0v) is 20.9. The van der Waals surface area contributed by atoms with Crippen LogP contribution >= 0.6 is 0 Å². The Kier molecular flexibility index (Phi) is 10.9. The topological polar surface area (TPSA) is 284 Å². The second-order valence-electron chi connectivity index (χ2n) is 9.36. The maximum Gasteiger partial charge on any atom is 0.335 e. The van der Waals surface area contributed by atoms with Gasteiger partial charge in [0.1, 0.15) is 67.1 Å². The average Bonchev–Trinajstić information content (AvgIpc) is 2.89. The molecule has 0 aromatic carbocycles. The molecule has 18 nitrogen and oxygen atoms in total. The molecular formula is C21H35NO17. The molecule has 0 aliphatic carbocycles. The minimum Gasteiger partial charge on any atom is -0.479 e. The number of carboxylic acids is 1. The van der Waals surface area contributed by atoms with E-state index >= 15 is 0 Å². The first-order valence-electron chi connectivity index (χ1n) is 12.0. The van der Waals surface area contributed by atoms with Crippen LogP contribution in [0, 0.1) is 0 Å². The first-order chi connectivity index (χ1) is 18.3. The van der Waals surface area contributed by atoms with Crippen LogP contribution in [0.15, 0.2) is 0 Å². The van der Waals surface area contributed by atoms with Crippen molar-refractivity contribution in [3.8, 4) is 0 Å². The number of aliphatic hydroxyl groups is 8. The Bertz CT molecular complexity index is 828. The zero-order chi connectivity index (χ0) is 29.2. The molecule has 18 heteroatoms. The Morgan fingerprint density at radius 3 is 1.87 bits per heavy atom. The van der Waals surface area contributed by atoms with Crippen molar-refractivity contribution in [2.75, 3.05) is 20.3 Å². The number of carbonyl (C=O) groups is 2. The van der Waals surface area contributed by atoms with E-state index in [2.05, 4.69) is 5.32 Å². The van der Waals surface area contributed by atoms with Gasteiger partial charge in [-0.15, -0.1) is 0 Å². The first-order valence-corrected chi connectivity index (χ1v) is 12.0. The summed E-state index contributed by atoms with van der Waals surface area (Å²) >= 11 is 0. The van der Waals surface area contributed by atoms with E-state index < -0.39 is 117 Å². The number of aliphatic hydroxyl groups excluding tert-OH is 8. The number of nitrogens with one attached hydrogen (secondary N) is 1. The van der Waals surface area contributed by atoms with E-state index in [-0.39, 0.29) is 0 Å². The Morgan fingerprint density at radius 1 is 0.769 bits per heavy atom. The number of hydrogen-bond donors (Lipinski definition) is 10. The molecule has 0 spiro atoms. The van der Waals surface area contributed by atoms with Crippen molar-refractivity contribution in [2.24, 2.45) is 0 Å². The van der Waals surface area contributed by atoms with Crippen LogP contribution < -0.4 is 5.32 Å². The molecule has 3 heterocycles. The molecule has 3 fully saturated rings. The number of hydrogen-bond acceptors (Lipinski definition) is 16. The summed E-state index contributed by atoms with van der Waals surface area (Å²) in [5, 5.41) is 92.9. The van der Waals surface area contributed by atoms with Gasteiger partial charge < -0.3 is 79.7 Å². The van der Waals surface area contributed by atoms with Gasteiger partial charge in [0, 0.05) is 14.0 Å². The molecule has 0 aromatic rings. The lowest BCUT2D eigenvalue weighted by Crippen LogP contribution is -2.68. The predicted octanol–water partition coefficient (Wildman–Crippen LogP) is -6.68. The van der Waals surface area contributed by atoms with E-state index in [1.807, 2.05) is 0 Å². The summed E-state index contributed by atoms with van der Waals surface area (Å²) < 4.78 is 31.9. The highest BCUT2D eigenvalue weighted by Crippen LogP contribution is 2.31. The minimum atomic E-state index is -2.02. The molecule has 226 valence electrons. The highest BCUT2D eigenvalue weighted by atomic mass is 16.7. The van der Waals surface area contributed by atoms with Crippen LogP contribution in [-0.4, -0.2) is 170 Å². The van der Waals surface area contributed by atoms with Crippen LogP contribution in [0.3, 0.4) is 0 Å². The molecule has 3 aliphatic heterocycles. The molecule has 3 rings (SSSR count). The van der Waals surface area contributed by atoms with Gasteiger partial charge in [-0.05, 0) is 0 Å². The van der Waals surface area contributed by atoms with Gasteiger partial charge in [0.15, 0.2) is 25.0 Å². The monoisotopic (exact) mass is 573 g/mol. The molecule has 0 saturated carbocycles. The van der Waals surface area contributed by atoms with Gasteiger partial charge in [-0.3, -0.25) is 4.79 Å². The fourth-order valence-electron chi connectivity index (χ4n) is 4.51. The molecular weight excluding hydrogens is 538 g/mol. The third-order valence-corrected chi connectivity index (χ3v) is 6.66. The molecule has 3 saturated heterocycles. The minimum absolute atomic E-state index is 0.594. The molecule has 1 amide bonds. The quantitative estimate of drug-likeness (QED) is 0.123. The third-order valence-electron chi connectivity index (χ3n) is 6.66. The van der Waals surface area contributed by atoms with E-state index in [0.717, 1.165) is 6.92 Å². The molecule has 0 radical (unpaired) electrons. The van der Waals surface area contributed by atoms with E-state index in [1.54, 1.807) is 0 Å². The van der Waals surface area contributed by atoms with Crippen molar-refractivity contribution in [1.82, 2.24) is 5.32 Å². The second kappa shape index (κ2) is 13.4. The van der Waals surface area contributed by atoms with E-state index in [4.69, 9.17) is 28.4 Å². The number of amides is 1. The first kappa shape index (κ1) is 31.9. The molecule has 0 unspecified atom stereocenters. The van der Waals surface area contributed by atoms with Crippen LogP contribution in [-0.2, 0) is 38.0 Å². The molecule has 0 aromatic heterocycles. The second-order valence-corrected chi connectivity index (χ2v) is 9.36. The lowest BCUT2D eigenvalue weighted by Gasteiger charge is -2.46. The van der Waals surface area contributed by atoms with Gasteiger partial charge in [-0.2, -0.15) is 0 Å². The summed E-state index contributed by atoms with van der Waals surface area (Å²) in [5.74, 6) is -2.38. The Hall–Kier alpha value is -1.62. The standard InChI is InChI=1S/C21H35NO17/c1-5(24)22-8-11(27)16(38-21-15(31)12(28)9(25)6(3-23)36-21)17(18(32)33)39-19(8)35-4-7-10(26)13(29)14(30)20(34-2)37-7/h6-17,19-21,23,25-31H,3-4H2,1-2H3,(H,22,24)(H,32,33)/t6-,7-,8+,9-,10-,11-,12+,13+,14-,15-,16+,17+,19-,20+,21-/m1/s1. The number of carboxylic acid groups (broad SMARTS) is 1. The number of methoxy groups -OCH3 is 1. The Labute approximate surface area is 221 Å². The summed E-state index contributed by atoms with van der Waals surface area (Å²) in [5.41, 5.74) is 0. The van der Waals surface area contributed by atoms with Gasteiger partial charge in [0.2, 0.25) is 5.91 Å². The molecule has 3 aliphatic rings. The lowest BCUT2D eigenvalue weighted by molar-refractivity contribution is -0.348. The lowest BCUT2D eigenvalue weighted by atomic mass is 9.95. The highest BCUT2D eigenvalue weighted by molar-refractivity contribution is 5.75.